The van der Waals surface area contributed by atoms with Crippen LogP contribution in [0.3, 0.4) is 0 Å². The summed E-state index contributed by atoms with van der Waals surface area (Å²) in [6.07, 6.45) is 2.57. The van der Waals surface area contributed by atoms with Crippen LogP contribution in [0.4, 0.5) is 5.82 Å². The molecule has 0 aliphatic carbocycles. The highest BCUT2D eigenvalue weighted by Crippen LogP contribution is 2.38. The molecule has 3 aromatic carbocycles. The van der Waals surface area contributed by atoms with Gasteiger partial charge in [0.05, 0.1) is 25.5 Å². The SMILES string of the molecule is COc1ccc(-c2c(C(=O)c3ccc(Br)cc3)[nH]c(N)c2C(=O)NCCc2c[nH]c3ccccc23)cc1OC. The van der Waals surface area contributed by atoms with Crippen LogP contribution in [0.1, 0.15) is 32.0 Å². The number of H-pyrrole nitrogens is 2. The van der Waals surface area contributed by atoms with Gasteiger partial charge in [-0.2, -0.15) is 0 Å². The summed E-state index contributed by atoms with van der Waals surface area (Å²) in [6.45, 7) is 0.382. The van der Waals surface area contributed by atoms with Crippen molar-refractivity contribution in [3.8, 4) is 22.6 Å². The van der Waals surface area contributed by atoms with Gasteiger partial charge in [-0.25, -0.2) is 0 Å². The lowest BCUT2D eigenvalue weighted by Gasteiger charge is -2.12. The second kappa shape index (κ2) is 11.1. The average molecular weight is 587 g/mol. The van der Waals surface area contributed by atoms with E-state index in [-0.39, 0.29) is 28.8 Å². The number of fused-ring (bicyclic) bond motifs is 1. The van der Waals surface area contributed by atoms with E-state index < -0.39 is 0 Å². The van der Waals surface area contributed by atoms with Crippen molar-refractivity contribution in [1.29, 1.82) is 0 Å². The van der Waals surface area contributed by atoms with Crippen LogP contribution in [0.15, 0.2) is 77.4 Å². The normalized spacial score (nSPS) is 10.9. The first-order valence-corrected chi connectivity index (χ1v) is 13.1. The molecule has 0 saturated heterocycles. The number of ether oxygens (including phenoxy) is 2. The highest BCUT2D eigenvalue weighted by atomic mass is 79.9. The molecule has 1 amide bonds. The number of nitrogen functional groups attached to an aromatic ring is 1. The van der Waals surface area contributed by atoms with Gasteiger partial charge in [0.2, 0.25) is 5.78 Å². The zero-order chi connectivity index (χ0) is 27.5. The number of halogens is 1. The molecule has 0 saturated carbocycles. The highest BCUT2D eigenvalue weighted by molar-refractivity contribution is 9.10. The van der Waals surface area contributed by atoms with Crippen molar-refractivity contribution in [2.45, 2.75) is 6.42 Å². The standard InChI is InChI=1S/C30H27BrN4O4/c1-38-23-12-9-18(15-24(23)39-2)25-26(29(32)35-27(25)28(36)17-7-10-20(31)11-8-17)30(37)33-14-13-19-16-34-22-6-4-3-5-21(19)22/h3-12,15-16,34-35H,13-14,32H2,1-2H3,(H,33,37). The average Bonchev–Trinajstić information content (AvgIpc) is 3.53. The van der Waals surface area contributed by atoms with Crippen molar-refractivity contribution in [1.82, 2.24) is 15.3 Å². The Morgan fingerprint density at radius 1 is 0.974 bits per heavy atom. The van der Waals surface area contributed by atoms with Crippen LogP contribution in [-0.2, 0) is 6.42 Å². The van der Waals surface area contributed by atoms with E-state index in [4.69, 9.17) is 15.2 Å². The van der Waals surface area contributed by atoms with Crippen molar-refractivity contribution in [2.75, 3.05) is 26.5 Å². The number of ketones is 1. The molecule has 0 aliphatic heterocycles. The molecule has 0 unspecified atom stereocenters. The Labute approximate surface area is 233 Å². The van der Waals surface area contributed by atoms with Crippen molar-refractivity contribution in [2.24, 2.45) is 0 Å². The first-order valence-electron chi connectivity index (χ1n) is 12.3. The number of rotatable bonds is 9. The van der Waals surface area contributed by atoms with E-state index in [1.165, 1.54) is 7.11 Å². The van der Waals surface area contributed by atoms with E-state index in [9.17, 15) is 9.59 Å². The first-order chi connectivity index (χ1) is 18.9. The fraction of sp³-hybridized carbons (Fsp3) is 0.133. The number of para-hydroxylation sites is 1. The largest absolute Gasteiger partial charge is 0.493 e. The number of carbonyl (C=O) groups excluding carboxylic acids is 2. The van der Waals surface area contributed by atoms with E-state index in [0.717, 1.165) is 20.9 Å². The summed E-state index contributed by atoms with van der Waals surface area (Å²) >= 11 is 3.40. The molecule has 2 aromatic heterocycles. The Morgan fingerprint density at radius 3 is 2.46 bits per heavy atom. The third-order valence-electron chi connectivity index (χ3n) is 6.62. The molecule has 0 aliphatic rings. The number of nitrogens with two attached hydrogens (primary N) is 1. The van der Waals surface area contributed by atoms with Crippen molar-refractivity contribution < 1.29 is 19.1 Å². The Balaban J connectivity index is 1.51. The van der Waals surface area contributed by atoms with Gasteiger partial charge in [-0.1, -0.05) is 40.2 Å². The quantitative estimate of drug-likeness (QED) is 0.164. The lowest BCUT2D eigenvalue weighted by molar-refractivity contribution is 0.0955. The molecule has 0 fully saturated rings. The second-order valence-electron chi connectivity index (χ2n) is 8.93. The number of benzene rings is 3. The number of hydrogen-bond acceptors (Lipinski definition) is 5. The lowest BCUT2D eigenvalue weighted by Crippen LogP contribution is -2.26. The first kappa shape index (κ1) is 26.1. The smallest absolute Gasteiger partial charge is 0.255 e. The fourth-order valence-corrected chi connectivity index (χ4v) is 4.95. The maximum atomic E-state index is 13.6. The summed E-state index contributed by atoms with van der Waals surface area (Å²) in [7, 11) is 3.07. The van der Waals surface area contributed by atoms with Gasteiger partial charge in [0.15, 0.2) is 11.5 Å². The van der Waals surface area contributed by atoms with Gasteiger partial charge >= 0.3 is 0 Å². The lowest BCUT2D eigenvalue weighted by atomic mass is 9.96. The molecule has 5 aromatic rings. The van der Waals surface area contributed by atoms with Gasteiger partial charge < -0.3 is 30.5 Å². The van der Waals surface area contributed by atoms with Crippen LogP contribution in [-0.4, -0.2) is 42.4 Å². The molecule has 198 valence electrons. The monoisotopic (exact) mass is 586 g/mol. The number of methoxy groups -OCH3 is 2. The minimum Gasteiger partial charge on any atom is -0.493 e. The summed E-state index contributed by atoms with van der Waals surface area (Å²) in [5, 5.41) is 4.09. The van der Waals surface area contributed by atoms with Gasteiger partial charge in [0.1, 0.15) is 5.82 Å². The molecule has 0 radical (unpaired) electrons. The van der Waals surface area contributed by atoms with Crippen LogP contribution in [0.25, 0.3) is 22.0 Å². The van der Waals surface area contributed by atoms with E-state index in [2.05, 4.69) is 31.2 Å². The molecule has 9 heteroatoms. The minimum atomic E-state index is -0.386. The van der Waals surface area contributed by atoms with Gasteiger partial charge in [0, 0.05) is 39.2 Å². The number of carbonyl (C=O) groups is 2. The third-order valence-corrected chi connectivity index (χ3v) is 7.15. The van der Waals surface area contributed by atoms with Crippen molar-refractivity contribution in [3.05, 3.63) is 99.8 Å². The van der Waals surface area contributed by atoms with Crippen LogP contribution >= 0.6 is 15.9 Å². The van der Waals surface area contributed by atoms with Crippen molar-refractivity contribution >= 4 is 44.3 Å². The summed E-state index contributed by atoms with van der Waals surface area (Å²) in [5.74, 6) is 0.405. The maximum Gasteiger partial charge on any atom is 0.255 e. The van der Waals surface area contributed by atoms with Gasteiger partial charge in [-0.3, -0.25) is 9.59 Å². The van der Waals surface area contributed by atoms with Gasteiger partial charge in [0.25, 0.3) is 5.91 Å². The third kappa shape index (κ3) is 5.13. The second-order valence-corrected chi connectivity index (χ2v) is 9.85. The zero-order valence-corrected chi connectivity index (χ0v) is 23.0. The van der Waals surface area contributed by atoms with Gasteiger partial charge in [-0.05, 0) is 60.0 Å². The topological polar surface area (TPSA) is 122 Å². The number of aromatic amines is 2. The molecular formula is C30H27BrN4O4. The van der Waals surface area contributed by atoms with Crippen LogP contribution in [0.5, 0.6) is 11.5 Å². The van der Waals surface area contributed by atoms with Crippen LogP contribution < -0.4 is 20.5 Å². The maximum absolute atomic E-state index is 13.6. The predicted octanol–water partition coefficient (Wildman–Crippen LogP) is 5.73. The fourth-order valence-electron chi connectivity index (χ4n) is 4.69. The van der Waals surface area contributed by atoms with Gasteiger partial charge in [-0.15, -0.1) is 0 Å². The molecule has 0 bridgehead atoms. The van der Waals surface area contributed by atoms with E-state index >= 15 is 0 Å². The highest BCUT2D eigenvalue weighted by Gasteiger charge is 2.28. The Kier molecular flexibility index (Phi) is 7.42. The predicted molar refractivity (Wildman–Crippen MR) is 156 cm³/mol. The number of aromatic nitrogens is 2. The summed E-state index contributed by atoms with van der Waals surface area (Å²) in [6, 6.07) is 20.2. The zero-order valence-electron chi connectivity index (χ0n) is 21.4. The Morgan fingerprint density at radius 2 is 1.72 bits per heavy atom. The van der Waals surface area contributed by atoms with E-state index in [0.29, 0.717) is 41.2 Å². The van der Waals surface area contributed by atoms with E-state index in [1.54, 1.807) is 49.6 Å². The van der Waals surface area contributed by atoms with E-state index in [1.807, 2.05) is 30.5 Å². The molecule has 2 heterocycles. The Hall–Kier alpha value is -4.50. The molecule has 39 heavy (non-hydrogen) atoms. The molecule has 0 spiro atoms. The molecule has 5 N–H and O–H groups in total. The van der Waals surface area contributed by atoms with Crippen molar-refractivity contribution in [3.63, 3.8) is 0 Å². The molecule has 5 rings (SSSR count). The van der Waals surface area contributed by atoms with Crippen LogP contribution in [0.2, 0.25) is 0 Å². The van der Waals surface area contributed by atoms with Crippen LogP contribution in [0, 0.1) is 0 Å². The summed E-state index contributed by atoms with van der Waals surface area (Å²) in [4.78, 5) is 33.4. The number of hydrogen-bond donors (Lipinski definition) is 4. The Bertz CT molecular complexity index is 1670. The molecule has 8 nitrogen and oxygen atoms in total. The summed E-state index contributed by atoms with van der Waals surface area (Å²) < 4.78 is 11.7. The molecule has 0 atom stereocenters. The summed E-state index contributed by atoms with van der Waals surface area (Å²) in [5.41, 5.74) is 10.3. The minimum absolute atomic E-state index is 0.102. The number of amides is 1. The number of nitrogens with one attached hydrogen (secondary N) is 3. The molecular weight excluding hydrogens is 560 g/mol. The number of anilines is 1.